The molecule has 0 aliphatic carbocycles. The number of fused-ring (bicyclic) bond motifs is 8. The van der Waals surface area contributed by atoms with E-state index < -0.39 is 0 Å². The van der Waals surface area contributed by atoms with Gasteiger partial charge in [0.1, 0.15) is 0 Å². The fourth-order valence-electron chi connectivity index (χ4n) is 7.23. The highest BCUT2D eigenvalue weighted by atomic mass is 14.2. The summed E-state index contributed by atoms with van der Waals surface area (Å²) in [4.78, 5) is 0. The van der Waals surface area contributed by atoms with Gasteiger partial charge in [0.05, 0.1) is 0 Å². The Morgan fingerprint density at radius 1 is 0.233 bits per heavy atom. The Kier molecular flexibility index (Phi) is 5.77. The number of hydrogen-bond donors (Lipinski definition) is 0. The summed E-state index contributed by atoms with van der Waals surface area (Å²) in [5.41, 5.74) is 5.17. The van der Waals surface area contributed by atoms with Crippen LogP contribution >= 0.6 is 0 Å². The molecule has 0 aromatic heterocycles. The van der Waals surface area contributed by atoms with Crippen molar-refractivity contribution < 1.29 is 0 Å². The zero-order chi connectivity index (χ0) is 27.6. The van der Waals surface area contributed by atoms with Crippen LogP contribution in [0.3, 0.4) is 0 Å². The van der Waals surface area contributed by atoms with Crippen LogP contribution in [0, 0.1) is 0 Å². The monoisotopic (exact) mass is 546 g/mol. The number of rotatable bonds is 2. The highest BCUT2D eigenvalue weighted by Gasteiger charge is 2.20. The van der Waals surface area contributed by atoms with Crippen LogP contribution < -0.4 is 0 Å². The summed E-state index contributed by atoms with van der Waals surface area (Å²) in [7, 11) is 0. The fourth-order valence-corrected chi connectivity index (χ4v) is 7.23. The van der Waals surface area contributed by atoms with Crippen molar-refractivity contribution in [2.75, 3.05) is 0 Å². The van der Waals surface area contributed by atoms with E-state index in [1.54, 1.807) is 0 Å². The van der Waals surface area contributed by atoms with Gasteiger partial charge in [-0.1, -0.05) is 153 Å². The van der Waals surface area contributed by atoms with E-state index in [4.69, 9.17) is 0 Å². The van der Waals surface area contributed by atoms with Crippen LogP contribution in [0.2, 0.25) is 0 Å². The Morgan fingerprint density at radius 2 is 0.488 bits per heavy atom. The van der Waals surface area contributed by atoms with Crippen molar-refractivity contribution in [1.29, 1.82) is 0 Å². The molecule has 0 amide bonds. The van der Waals surface area contributed by atoms with Crippen LogP contribution in [0.25, 0.3) is 86.9 Å². The average Bonchev–Trinajstić information content (AvgIpc) is 3.06. The molecule has 9 rings (SSSR count). The Morgan fingerprint density at radius 3 is 0.837 bits per heavy atom. The Labute approximate surface area is 251 Å². The first-order valence-electron chi connectivity index (χ1n) is 14.6. The maximum Gasteiger partial charge on any atom is -0.00199 e. The molecule has 0 saturated carbocycles. The van der Waals surface area contributed by atoms with E-state index in [9.17, 15) is 0 Å². The Bertz CT molecular complexity index is 2280. The minimum atomic E-state index is 0. The summed E-state index contributed by atoms with van der Waals surface area (Å²) in [5, 5.41) is 15.4. The molecule has 0 radical (unpaired) electrons. The molecule has 9 aromatic carbocycles. The maximum atomic E-state index is 2.40. The van der Waals surface area contributed by atoms with E-state index in [2.05, 4.69) is 158 Å². The molecule has 9 aromatic rings. The largest absolute Gasteiger partial charge is 0.0776 e. The summed E-state index contributed by atoms with van der Waals surface area (Å²) < 4.78 is 0. The molecule has 0 aliphatic rings. The van der Waals surface area contributed by atoms with Gasteiger partial charge < -0.3 is 0 Å². The molecule has 43 heavy (non-hydrogen) atoms. The summed E-state index contributed by atoms with van der Waals surface area (Å²) >= 11 is 0. The van der Waals surface area contributed by atoms with Gasteiger partial charge in [-0.2, -0.15) is 0 Å². The fraction of sp³-hybridized carbons (Fsp3) is 0.0233. The first-order valence-corrected chi connectivity index (χ1v) is 14.6. The van der Waals surface area contributed by atoms with Crippen molar-refractivity contribution in [3.8, 4) is 22.3 Å². The van der Waals surface area contributed by atoms with Crippen LogP contribution in [0.4, 0.5) is 0 Å². The minimum Gasteiger partial charge on any atom is -0.0776 e. The van der Waals surface area contributed by atoms with Gasteiger partial charge in [-0.05, 0) is 99.0 Å². The number of benzene rings is 9. The quantitative estimate of drug-likeness (QED) is 0.149. The predicted octanol–water partition coefficient (Wildman–Crippen LogP) is 12.6. The van der Waals surface area contributed by atoms with Crippen molar-refractivity contribution in [3.63, 3.8) is 0 Å². The van der Waals surface area contributed by atoms with Gasteiger partial charge in [-0.15, -0.1) is 0 Å². The molecule has 0 aliphatic heterocycles. The third-order valence-electron chi connectivity index (χ3n) is 9.01. The molecule has 0 saturated heterocycles. The molecule has 0 bridgehead atoms. The van der Waals surface area contributed by atoms with Crippen LogP contribution in [-0.2, 0) is 0 Å². The normalized spacial score (nSPS) is 11.5. The predicted molar refractivity (Wildman–Crippen MR) is 189 cm³/mol. The van der Waals surface area contributed by atoms with Crippen molar-refractivity contribution in [2.45, 2.75) is 7.43 Å². The van der Waals surface area contributed by atoms with Crippen LogP contribution in [-0.4, -0.2) is 0 Å². The Hall–Kier alpha value is -5.46. The van der Waals surface area contributed by atoms with Gasteiger partial charge in [0.15, 0.2) is 0 Å². The molecule has 0 fully saturated rings. The lowest BCUT2D eigenvalue weighted by molar-refractivity contribution is 1.70. The summed E-state index contributed by atoms with van der Waals surface area (Å²) in [6.45, 7) is 0. The molecule has 0 heteroatoms. The SMILES string of the molecule is C.c1ccc2c(c1)cc(-c1c3ccccc3c(-c3cc4ccccc4c4ccccc34)c3ccccc13)c1ccccc12. The maximum absolute atomic E-state index is 2.40. The van der Waals surface area contributed by atoms with Gasteiger partial charge in [-0.25, -0.2) is 0 Å². The molecule has 202 valence electrons. The van der Waals surface area contributed by atoms with Gasteiger partial charge in [0.2, 0.25) is 0 Å². The number of hydrogen-bond acceptors (Lipinski definition) is 0. The van der Waals surface area contributed by atoms with E-state index in [-0.39, 0.29) is 7.43 Å². The van der Waals surface area contributed by atoms with Crippen molar-refractivity contribution in [3.05, 3.63) is 158 Å². The average molecular weight is 547 g/mol. The highest BCUT2D eigenvalue weighted by Crippen LogP contribution is 2.48. The van der Waals surface area contributed by atoms with Crippen LogP contribution in [0.15, 0.2) is 158 Å². The zero-order valence-electron chi connectivity index (χ0n) is 23.0. The van der Waals surface area contributed by atoms with Gasteiger partial charge >= 0.3 is 0 Å². The van der Waals surface area contributed by atoms with E-state index in [0.29, 0.717) is 0 Å². The molecule has 0 unspecified atom stereocenters. The second-order valence-corrected chi connectivity index (χ2v) is 11.2. The van der Waals surface area contributed by atoms with Crippen LogP contribution in [0.5, 0.6) is 0 Å². The summed E-state index contributed by atoms with van der Waals surface area (Å²) in [6, 6.07) is 58.1. The standard InChI is InChI=1S/C42H26.CH4/c1-3-15-29-27(13-1)25-39(33-19-7-5-17-31(29)33)41-35-21-9-11-23-37(35)42(38-24-12-10-22-36(38)41)40-26-28-14-2-4-16-30(28)32-18-6-8-20-34(32)40;/h1-26H;1H4. The van der Waals surface area contributed by atoms with E-state index in [1.807, 2.05) is 0 Å². The Balaban J connectivity index is 0.00000278. The molecular formula is C43H30. The molecule has 0 heterocycles. The van der Waals surface area contributed by atoms with Crippen LogP contribution in [0.1, 0.15) is 7.43 Å². The molecule has 0 N–H and O–H groups in total. The minimum absolute atomic E-state index is 0. The summed E-state index contributed by atoms with van der Waals surface area (Å²) in [5.74, 6) is 0. The first kappa shape index (κ1) is 25.3. The molecule has 0 spiro atoms. The topological polar surface area (TPSA) is 0 Å². The molecule has 0 nitrogen and oxygen atoms in total. The molecular weight excluding hydrogens is 516 g/mol. The van der Waals surface area contributed by atoms with Gasteiger partial charge in [0, 0.05) is 0 Å². The van der Waals surface area contributed by atoms with E-state index in [1.165, 1.54) is 86.9 Å². The van der Waals surface area contributed by atoms with E-state index >= 15 is 0 Å². The lowest BCUT2D eigenvalue weighted by Crippen LogP contribution is -1.93. The highest BCUT2D eigenvalue weighted by molar-refractivity contribution is 6.28. The van der Waals surface area contributed by atoms with Gasteiger partial charge in [0.25, 0.3) is 0 Å². The smallest absolute Gasteiger partial charge is 0.00199 e. The first-order chi connectivity index (χ1) is 20.9. The molecule has 0 atom stereocenters. The lowest BCUT2D eigenvalue weighted by Gasteiger charge is -2.21. The third-order valence-corrected chi connectivity index (χ3v) is 9.01. The lowest BCUT2D eigenvalue weighted by atomic mass is 9.82. The van der Waals surface area contributed by atoms with E-state index in [0.717, 1.165) is 0 Å². The van der Waals surface area contributed by atoms with Crippen molar-refractivity contribution in [1.82, 2.24) is 0 Å². The summed E-state index contributed by atoms with van der Waals surface area (Å²) in [6.07, 6.45) is 0. The second kappa shape index (κ2) is 9.82. The van der Waals surface area contributed by atoms with Crippen molar-refractivity contribution >= 4 is 64.6 Å². The zero-order valence-corrected chi connectivity index (χ0v) is 23.0. The van der Waals surface area contributed by atoms with Gasteiger partial charge in [-0.3, -0.25) is 0 Å². The van der Waals surface area contributed by atoms with Crippen molar-refractivity contribution in [2.24, 2.45) is 0 Å². The second-order valence-electron chi connectivity index (χ2n) is 11.2. The third kappa shape index (κ3) is 3.70.